The van der Waals surface area contributed by atoms with Crippen molar-refractivity contribution in [1.82, 2.24) is 9.88 Å². The Balaban J connectivity index is 1.56. The molecule has 6 heteroatoms. The van der Waals surface area contributed by atoms with Gasteiger partial charge in [0.25, 0.3) is 5.91 Å². The van der Waals surface area contributed by atoms with E-state index in [1.807, 2.05) is 25.1 Å². The van der Waals surface area contributed by atoms with Gasteiger partial charge < -0.3 is 9.64 Å². The molecule has 1 fully saturated rings. The second-order valence-corrected chi connectivity index (χ2v) is 7.17. The Bertz CT molecular complexity index is 801. The van der Waals surface area contributed by atoms with Crippen LogP contribution in [0.4, 0.5) is 0 Å². The van der Waals surface area contributed by atoms with Gasteiger partial charge in [-0.25, -0.2) is 4.98 Å². The monoisotopic (exact) mass is 328 g/mol. The van der Waals surface area contributed by atoms with Gasteiger partial charge in [0.05, 0.1) is 23.5 Å². The number of carbonyl (C=O) groups is 2. The SMILES string of the molecule is Cc1nc(C(=O)N2CCC3(CC(=O)c4ccccc4O3)C2)cs1. The van der Waals surface area contributed by atoms with Gasteiger partial charge in [-0.15, -0.1) is 11.3 Å². The van der Waals surface area contributed by atoms with Crippen LogP contribution in [0.25, 0.3) is 0 Å². The van der Waals surface area contributed by atoms with Crippen molar-refractivity contribution < 1.29 is 14.3 Å². The molecule has 3 heterocycles. The molecular weight excluding hydrogens is 312 g/mol. The van der Waals surface area contributed by atoms with E-state index >= 15 is 0 Å². The third kappa shape index (κ3) is 2.43. The molecule has 1 unspecified atom stereocenters. The molecule has 1 amide bonds. The van der Waals surface area contributed by atoms with Crippen molar-refractivity contribution in [3.05, 3.63) is 45.9 Å². The number of hydrogen-bond donors (Lipinski definition) is 0. The fourth-order valence-electron chi connectivity index (χ4n) is 3.31. The fourth-order valence-corrected chi connectivity index (χ4v) is 3.90. The molecule has 1 aromatic heterocycles. The van der Waals surface area contributed by atoms with Crippen molar-refractivity contribution in [3.8, 4) is 5.75 Å². The Morgan fingerprint density at radius 2 is 2.22 bits per heavy atom. The van der Waals surface area contributed by atoms with Crippen molar-refractivity contribution in [2.75, 3.05) is 13.1 Å². The first-order valence-corrected chi connectivity index (χ1v) is 8.47. The minimum atomic E-state index is -0.591. The van der Waals surface area contributed by atoms with E-state index in [2.05, 4.69) is 4.98 Å². The smallest absolute Gasteiger partial charge is 0.273 e. The number of fused-ring (bicyclic) bond motifs is 1. The molecule has 2 aromatic rings. The number of aromatic nitrogens is 1. The van der Waals surface area contributed by atoms with Gasteiger partial charge in [-0.2, -0.15) is 0 Å². The number of benzene rings is 1. The number of para-hydroxylation sites is 1. The number of hydrogen-bond acceptors (Lipinski definition) is 5. The van der Waals surface area contributed by atoms with Gasteiger partial charge in [0.1, 0.15) is 17.0 Å². The minimum absolute atomic E-state index is 0.0823. The second kappa shape index (κ2) is 5.16. The summed E-state index contributed by atoms with van der Waals surface area (Å²) in [5, 5.41) is 2.66. The standard InChI is InChI=1S/C17H16N2O3S/c1-11-18-13(9-23-11)16(21)19-7-6-17(10-19)8-14(20)12-4-2-3-5-15(12)22-17/h2-5,9H,6-8,10H2,1H3. The van der Waals surface area contributed by atoms with E-state index in [4.69, 9.17) is 4.74 Å². The molecule has 0 saturated carbocycles. The lowest BCUT2D eigenvalue weighted by atomic mass is 9.89. The fraction of sp³-hybridized carbons (Fsp3) is 0.353. The summed E-state index contributed by atoms with van der Waals surface area (Å²) in [5.41, 5.74) is 0.525. The van der Waals surface area contributed by atoms with Crippen molar-refractivity contribution >= 4 is 23.0 Å². The van der Waals surface area contributed by atoms with Crippen LogP contribution in [0.15, 0.2) is 29.6 Å². The van der Waals surface area contributed by atoms with Crippen LogP contribution in [-0.4, -0.2) is 40.3 Å². The van der Waals surface area contributed by atoms with Gasteiger partial charge in [-0.3, -0.25) is 9.59 Å². The van der Waals surface area contributed by atoms with Crippen LogP contribution in [0.3, 0.4) is 0 Å². The predicted octanol–water partition coefficient (Wildman–Crippen LogP) is 2.70. The van der Waals surface area contributed by atoms with Crippen molar-refractivity contribution in [1.29, 1.82) is 0 Å². The molecule has 0 N–H and O–H groups in total. The number of rotatable bonds is 1. The normalized spacial score (nSPS) is 23.0. The van der Waals surface area contributed by atoms with Gasteiger partial charge in [-0.1, -0.05) is 12.1 Å². The lowest BCUT2D eigenvalue weighted by Crippen LogP contribution is -2.45. The van der Waals surface area contributed by atoms with Crippen LogP contribution in [0.1, 0.15) is 38.7 Å². The number of carbonyl (C=O) groups excluding carboxylic acids is 2. The molecule has 1 aromatic carbocycles. The first-order valence-electron chi connectivity index (χ1n) is 7.59. The Labute approximate surface area is 137 Å². The molecule has 23 heavy (non-hydrogen) atoms. The number of amides is 1. The van der Waals surface area contributed by atoms with E-state index in [9.17, 15) is 9.59 Å². The zero-order valence-electron chi connectivity index (χ0n) is 12.7. The van der Waals surface area contributed by atoms with Crippen LogP contribution in [-0.2, 0) is 0 Å². The molecule has 1 atom stereocenters. The van der Waals surface area contributed by atoms with Gasteiger partial charge in [0.15, 0.2) is 5.78 Å². The largest absolute Gasteiger partial charge is 0.484 e. The summed E-state index contributed by atoms with van der Waals surface area (Å²) in [6.07, 6.45) is 0.992. The summed E-state index contributed by atoms with van der Waals surface area (Å²) in [6, 6.07) is 7.32. The number of ether oxygens (including phenoxy) is 1. The number of likely N-dealkylation sites (tertiary alicyclic amines) is 1. The van der Waals surface area contributed by atoms with Gasteiger partial charge in [-0.05, 0) is 19.1 Å². The Morgan fingerprint density at radius 3 is 3.00 bits per heavy atom. The molecule has 2 aliphatic rings. The molecule has 1 spiro atoms. The number of aryl methyl sites for hydroxylation is 1. The van der Waals surface area contributed by atoms with Crippen LogP contribution < -0.4 is 4.74 Å². The topological polar surface area (TPSA) is 59.5 Å². The molecule has 5 nitrogen and oxygen atoms in total. The number of Topliss-reactive ketones (excluding diaryl/α,β-unsaturated/α-hetero) is 1. The van der Waals surface area contributed by atoms with Crippen molar-refractivity contribution in [2.24, 2.45) is 0 Å². The highest BCUT2D eigenvalue weighted by Gasteiger charge is 2.47. The summed E-state index contributed by atoms with van der Waals surface area (Å²) in [4.78, 5) is 31.0. The molecular formula is C17H16N2O3S. The number of thiazole rings is 1. The summed E-state index contributed by atoms with van der Waals surface area (Å²) in [6.45, 7) is 2.90. The average molecular weight is 328 g/mol. The molecule has 4 rings (SSSR count). The van der Waals surface area contributed by atoms with E-state index in [1.54, 1.807) is 16.3 Å². The van der Waals surface area contributed by atoms with E-state index in [0.717, 1.165) is 5.01 Å². The molecule has 0 aliphatic carbocycles. The zero-order chi connectivity index (χ0) is 16.0. The molecule has 0 radical (unpaired) electrons. The van der Waals surface area contributed by atoms with Crippen molar-refractivity contribution in [3.63, 3.8) is 0 Å². The first-order chi connectivity index (χ1) is 11.1. The zero-order valence-corrected chi connectivity index (χ0v) is 13.6. The maximum atomic E-state index is 12.5. The minimum Gasteiger partial charge on any atom is -0.484 e. The van der Waals surface area contributed by atoms with Crippen LogP contribution >= 0.6 is 11.3 Å². The van der Waals surface area contributed by atoms with Crippen LogP contribution in [0.2, 0.25) is 0 Å². The first kappa shape index (κ1) is 14.4. The molecule has 0 bridgehead atoms. The lowest BCUT2D eigenvalue weighted by Gasteiger charge is -2.34. The van der Waals surface area contributed by atoms with Gasteiger partial charge in [0.2, 0.25) is 0 Å². The second-order valence-electron chi connectivity index (χ2n) is 6.11. The molecule has 1 saturated heterocycles. The highest BCUT2D eigenvalue weighted by molar-refractivity contribution is 7.09. The Hall–Kier alpha value is -2.21. The summed E-state index contributed by atoms with van der Waals surface area (Å²) >= 11 is 1.47. The van der Waals surface area contributed by atoms with Gasteiger partial charge >= 0.3 is 0 Å². The highest BCUT2D eigenvalue weighted by atomic mass is 32.1. The summed E-state index contributed by atoms with van der Waals surface area (Å²) in [5.74, 6) is 0.634. The third-order valence-electron chi connectivity index (χ3n) is 4.44. The lowest BCUT2D eigenvalue weighted by molar-refractivity contribution is 0.0427. The van der Waals surface area contributed by atoms with Crippen LogP contribution in [0, 0.1) is 6.92 Å². The maximum absolute atomic E-state index is 12.5. The van der Waals surface area contributed by atoms with E-state index in [0.29, 0.717) is 42.9 Å². The Kier molecular flexibility index (Phi) is 3.23. The Morgan fingerprint density at radius 1 is 1.39 bits per heavy atom. The van der Waals surface area contributed by atoms with E-state index in [1.165, 1.54) is 11.3 Å². The third-order valence-corrected chi connectivity index (χ3v) is 5.21. The van der Waals surface area contributed by atoms with Gasteiger partial charge in [0, 0.05) is 18.3 Å². The predicted molar refractivity (Wildman–Crippen MR) is 86.1 cm³/mol. The van der Waals surface area contributed by atoms with Crippen LogP contribution in [0.5, 0.6) is 5.75 Å². The highest BCUT2D eigenvalue weighted by Crippen LogP contribution is 2.38. The maximum Gasteiger partial charge on any atom is 0.273 e. The molecule has 2 aliphatic heterocycles. The van der Waals surface area contributed by atoms with Crippen molar-refractivity contribution in [2.45, 2.75) is 25.4 Å². The number of ketones is 1. The van der Waals surface area contributed by atoms with E-state index in [-0.39, 0.29) is 11.7 Å². The summed E-state index contributed by atoms with van der Waals surface area (Å²) < 4.78 is 6.14. The average Bonchev–Trinajstić information content (AvgIpc) is 3.14. The van der Waals surface area contributed by atoms with E-state index < -0.39 is 5.60 Å². The summed E-state index contributed by atoms with van der Waals surface area (Å²) in [7, 11) is 0. The quantitative estimate of drug-likeness (QED) is 0.807. The number of nitrogens with zero attached hydrogens (tertiary/aromatic N) is 2. The molecule has 118 valence electrons.